The molecule has 1 aromatic heterocycles. The SMILES string of the molecule is COc1ccccc1CNC(=O)c1cc(Nc2ccc(Cl)cc2C)nc(C)n1. The van der Waals surface area contributed by atoms with E-state index in [-0.39, 0.29) is 11.6 Å². The van der Waals surface area contributed by atoms with Crippen molar-refractivity contribution >= 4 is 29.0 Å². The number of amides is 1. The van der Waals surface area contributed by atoms with Crippen LogP contribution in [0.25, 0.3) is 0 Å². The van der Waals surface area contributed by atoms with Gasteiger partial charge >= 0.3 is 0 Å². The number of nitrogens with zero attached hydrogens (tertiary/aromatic N) is 2. The van der Waals surface area contributed by atoms with Crippen LogP contribution in [0.15, 0.2) is 48.5 Å². The lowest BCUT2D eigenvalue weighted by Gasteiger charge is -2.12. The van der Waals surface area contributed by atoms with Crippen molar-refractivity contribution in [3.8, 4) is 5.75 Å². The summed E-state index contributed by atoms with van der Waals surface area (Å²) in [6, 6.07) is 14.7. The number of anilines is 2. The van der Waals surface area contributed by atoms with Gasteiger partial charge in [-0.25, -0.2) is 9.97 Å². The number of carbonyl (C=O) groups is 1. The maximum atomic E-state index is 12.6. The molecule has 1 heterocycles. The molecule has 28 heavy (non-hydrogen) atoms. The Morgan fingerprint density at radius 3 is 2.64 bits per heavy atom. The molecule has 7 heteroatoms. The van der Waals surface area contributed by atoms with Crippen LogP contribution in [-0.2, 0) is 6.54 Å². The first-order chi connectivity index (χ1) is 13.5. The molecule has 2 N–H and O–H groups in total. The summed E-state index contributed by atoms with van der Waals surface area (Å²) in [5.74, 6) is 1.48. The second kappa shape index (κ2) is 8.71. The lowest BCUT2D eigenvalue weighted by atomic mass is 10.2. The third kappa shape index (κ3) is 4.78. The van der Waals surface area contributed by atoms with Gasteiger partial charge in [0.1, 0.15) is 23.1 Å². The van der Waals surface area contributed by atoms with Gasteiger partial charge in [0, 0.05) is 28.9 Å². The zero-order valence-electron chi connectivity index (χ0n) is 15.9. The number of para-hydroxylation sites is 1. The number of hydrogen-bond donors (Lipinski definition) is 2. The molecule has 0 saturated carbocycles. The first-order valence-corrected chi connectivity index (χ1v) is 9.13. The number of aromatic nitrogens is 2. The topological polar surface area (TPSA) is 76.1 Å². The number of ether oxygens (including phenoxy) is 1. The molecule has 0 spiro atoms. The van der Waals surface area contributed by atoms with Crippen LogP contribution in [0.1, 0.15) is 27.4 Å². The standard InChI is InChI=1S/C21H21ClN4O2/c1-13-10-16(22)8-9-17(13)26-20-11-18(24-14(2)25-20)21(27)23-12-15-6-4-5-7-19(15)28-3/h4-11H,12H2,1-3H3,(H,23,27)(H,24,25,26). The second-order valence-corrected chi connectivity index (χ2v) is 6.70. The molecular weight excluding hydrogens is 376 g/mol. The van der Waals surface area contributed by atoms with Crippen LogP contribution in [0.4, 0.5) is 11.5 Å². The van der Waals surface area contributed by atoms with E-state index >= 15 is 0 Å². The van der Waals surface area contributed by atoms with Crippen molar-refractivity contribution < 1.29 is 9.53 Å². The van der Waals surface area contributed by atoms with Crippen molar-refractivity contribution in [2.75, 3.05) is 12.4 Å². The predicted octanol–water partition coefficient (Wildman–Crippen LogP) is 4.43. The summed E-state index contributed by atoms with van der Waals surface area (Å²) in [5, 5.41) is 6.76. The minimum Gasteiger partial charge on any atom is -0.496 e. The molecule has 1 amide bonds. The zero-order valence-corrected chi connectivity index (χ0v) is 16.7. The molecule has 0 aliphatic rings. The van der Waals surface area contributed by atoms with Gasteiger partial charge in [0.2, 0.25) is 0 Å². The Kier molecular flexibility index (Phi) is 6.11. The average molecular weight is 397 g/mol. The van der Waals surface area contributed by atoms with Crippen molar-refractivity contribution in [2.45, 2.75) is 20.4 Å². The lowest BCUT2D eigenvalue weighted by molar-refractivity contribution is 0.0945. The number of halogens is 1. The predicted molar refractivity (Wildman–Crippen MR) is 110 cm³/mol. The number of carbonyl (C=O) groups excluding carboxylic acids is 1. The van der Waals surface area contributed by atoms with Gasteiger partial charge in [-0.1, -0.05) is 29.8 Å². The fourth-order valence-corrected chi connectivity index (χ4v) is 3.00. The molecule has 0 atom stereocenters. The zero-order chi connectivity index (χ0) is 20.1. The largest absolute Gasteiger partial charge is 0.496 e. The molecule has 144 valence electrons. The average Bonchev–Trinajstić information content (AvgIpc) is 2.68. The van der Waals surface area contributed by atoms with Gasteiger partial charge in [0.25, 0.3) is 5.91 Å². The van der Waals surface area contributed by atoms with Gasteiger partial charge in [-0.15, -0.1) is 0 Å². The molecular formula is C21H21ClN4O2. The Balaban J connectivity index is 1.76. The van der Waals surface area contributed by atoms with Gasteiger partial charge in [-0.05, 0) is 43.7 Å². The number of aryl methyl sites for hydroxylation is 2. The Morgan fingerprint density at radius 2 is 1.89 bits per heavy atom. The monoisotopic (exact) mass is 396 g/mol. The smallest absolute Gasteiger partial charge is 0.270 e. The van der Waals surface area contributed by atoms with Crippen LogP contribution >= 0.6 is 11.6 Å². The van der Waals surface area contributed by atoms with Gasteiger partial charge in [-0.3, -0.25) is 4.79 Å². The number of methoxy groups -OCH3 is 1. The molecule has 0 aliphatic heterocycles. The molecule has 6 nitrogen and oxygen atoms in total. The van der Waals surface area contributed by atoms with Crippen LogP contribution < -0.4 is 15.4 Å². The Bertz CT molecular complexity index is 1010. The number of benzene rings is 2. The van der Waals surface area contributed by atoms with Crippen LogP contribution in [0, 0.1) is 13.8 Å². The summed E-state index contributed by atoms with van der Waals surface area (Å²) in [6.45, 7) is 4.03. The van der Waals surface area contributed by atoms with E-state index in [1.807, 2.05) is 43.3 Å². The molecule has 0 unspecified atom stereocenters. The maximum Gasteiger partial charge on any atom is 0.270 e. The highest BCUT2D eigenvalue weighted by Crippen LogP contribution is 2.23. The molecule has 0 aliphatic carbocycles. The minimum absolute atomic E-state index is 0.285. The fraction of sp³-hybridized carbons (Fsp3) is 0.190. The Labute approximate surface area is 168 Å². The highest BCUT2D eigenvalue weighted by atomic mass is 35.5. The summed E-state index contributed by atoms with van der Waals surface area (Å²) in [7, 11) is 1.60. The summed E-state index contributed by atoms with van der Waals surface area (Å²) >= 11 is 6.00. The van der Waals surface area contributed by atoms with Gasteiger partial charge in [0.15, 0.2) is 0 Å². The van der Waals surface area contributed by atoms with E-state index in [9.17, 15) is 4.79 Å². The van der Waals surface area contributed by atoms with E-state index < -0.39 is 0 Å². The molecule has 0 fully saturated rings. The molecule has 0 radical (unpaired) electrons. The molecule has 3 aromatic rings. The van der Waals surface area contributed by atoms with Crippen molar-refractivity contribution in [2.24, 2.45) is 0 Å². The van der Waals surface area contributed by atoms with E-state index in [1.165, 1.54) is 0 Å². The quantitative estimate of drug-likeness (QED) is 0.644. The maximum absolute atomic E-state index is 12.6. The number of nitrogens with one attached hydrogen (secondary N) is 2. The Morgan fingerprint density at radius 1 is 1.11 bits per heavy atom. The van der Waals surface area contributed by atoms with Crippen molar-refractivity contribution in [3.63, 3.8) is 0 Å². The van der Waals surface area contributed by atoms with Gasteiger partial charge in [-0.2, -0.15) is 0 Å². The summed E-state index contributed by atoms with van der Waals surface area (Å²) in [5.41, 5.74) is 3.02. The normalized spacial score (nSPS) is 10.4. The first kappa shape index (κ1) is 19.6. The van der Waals surface area contributed by atoms with E-state index in [4.69, 9.17) is 16.3 Å². The van der Waals surface area contributed by atoms with Crippen LogP contribution in [0.2, 0.25) is 5.02 Å². The molecule has 3 rings (SSSR count). The summed E-state index contributed by atoms with van der Waals surface area (Å²) in [4.78, 5) is 21.2. The molecule has 2 aromatic carbocycles. The van der Waals surface area contributed by atoms with E-state index in [0.717, 1.165) is 22.6 Å². The lowest BCUT2D eigenvalue weighted by Crippen LogP contribution is -2.24. The van der Waals surface area contributed by atoms with Crippen LogP contribution in [0.5, 0.6) is 5.75 Å². The highest BCUT2D eigenvalue weighted by molar-refractivity contribution is 6.30. The minimum atomic E-state index is -0.285. The third-order valence-electron chi connectivity index (χ3n) is 4.15. The third-order valence-corrected chi connectivity index (χ3v) is 4.39. The highest BCUT2D eigenvalue weighted by Gasteiger charge is 2.12. The van der Waals surface area contributed by atoms with Crippen molar-refractivity contribution in [3.05, 3.63) is 76.2 Å². The number of rotatable bonds is 6. The van der Waals surface area contributed by atoms with Crippen LogP contribution in [0.3, 0.4) is 0 Å². The molecule has 0 bridgehead atoms. The van der Waals surface area contributed by atoms with Gasteiger partial charge in [0.05, 0.1) is 7.11 Å². The van der Waals surface area contributed by atoms with Gasteiger partial charge < -0.3 is 15.4 Å². The van der Waals surface area contributed by atoms with E-state index in [1.54, 1.807) is 26.2 Å². The summed E-state index contributed by atoms with van der Waals surface area (Å²) < 4.78 is 5.31. The van der Waals surface area contributed by atoms with E-state index in [0.29, 0.717) is 23.2 Å². The summed E-state index contributed by atoms with van der Waals surface area (Å²) in [6.07, 6.45) is 0. The molecule has 0 saturated heterocycles. The van der Waals surface area contributed by atoms with Crippen molar-refractivity contribution in [1.82, 2.24) is 15.3 Å². The second-order valence-electron chi connectivity index (χ2n) is 6.26. The fourth-order valence-electron chi connectivity index (χ4n) is 2.77. The first-order valence-electron chi connectivity index (χ1n) is 8.75. The van der Waals surface area contributed by atoms with Crippen molar-refractivity contribution in [1.29, 1.82) is 0 Å². The van der Waals surface area contributed by atoms with Crippen LogP contribution in [-0.4, -0.2) is 23.0 Å². The number of hydrogen-bond acceptors (Lipinski definition) is 5. The van der Waals surface area contributed by atoms with E-state index in [2.05, 4.69) is 20.6 Å². The Hall–Kier alpha value is -3.12.